The molecule has 1 heterocycles. The van der Waals surface area contributed by atoms with Crippen LogP contribution in [0.2, 0.25) is 6.32 Å². The maximum absolute atomic E-state index is 2.28. The Labute approximate surface area is 51.5 Å². The van der Waals surface area contributed by atoms with Gasteiger partial charge in [-0.1, -0.05) is 0 Å². The first-order valence-corrected chi connectivity index (χ1v) is 3.19. The molecular formula is C7H11B. The fourth-order valence-corrected chi connectivity index (χ4v) is 0.978. The predicted molar refractivity (Wildman–Crippen MR) is 39.6 cm³/mol. The minimum absolute atomic E-state index is 1.20. The van der Waals surface area contributed by atoms with Gasteiger partial charge in [0.1, 0.15) is 0 Å². The van der Waals surface area contributed by atoms with Gasteiger partial charge in [-0.15, -0.1) is 0 Å². The molecule has 0 unspecified atom stereocenters. The van der Waals surface area contributed by atoms with E-state index in [-0.39, 0.29) is 0 Å². The van der Waals surface area contributed by atoms with E-state index in [9.17, 15) is 0 Å². The van der Waals surface area contributed by atoms with Crippen LogP contribution in [0, 0.1) is 0 Å². The minimum atomic E-state index is 1.20. The standard InChI is InChI=1S/C7H11B/c1-3-7-4-6(2)8-5-7/h4H,3,5H2,1-2H3. The van der Waals surface area contributed by atoms with Crippen molar-refractivity contribution in [2.45, 2.75) is 26.6 Å². The Morgan fingerprint density at radius 3 is 2.75 bits per heavy atom. The second-order valence-corrected chi connectivity index (χ2v) is 2.31. The van der Waals surface area contributed by atoms with Crippen LogP contribution in [0.15, 0.2) is 11.6 Å². The third-order valence-corrected chi connectivity index (χ3v) is 1.57. The van der Waals surface area contributed by atoms with Crippen LogP contribution in [0.5, 0.6) is 0 Å². The molecule has 0 bridgehead atoms. The van der Waals surface area contributed by atoms with Crippen LogP contribution in [0.25, 0.3) is 0 Å². The molecule has 0 nitrogen and oxygen atoms in total. The Morgan fingerprint density at radius 1 is 1.75 bits per heavy atom. The Kier molecular flexibility index (Phi) is 1.67. The van der Waals surface area contributed by atoms with E-state index in [1.165, 1.54) is 18.2 Å². The molecule has 0 saturated heterocycles. The first kappa shape index (κ1) is 5.81. The summed E-state index contributed by atoms with van der Waals surface area (Å²) in [6, 6.07) is 0. The quantitative estimate of drug-likeness (QED) is 0.446. The monoisotopic (exact) mass is 106 g/mol. The van der Waals surface area contributed by atoms with E-state index in [1.54, 1.807) is 5.57 Å². The molecule has 0 aromatic rings. The topological polar surface area (TPSA) is 0 Å². The van der Waals surface area contributed by atoms with Gasteiger partial charge in [0.25, 0.3) is 0 Å². The van der Waals surface area contributed by atoms with E-state index in [2.05, 4.69) is 26.8 Å². The first-order chi connectivity index (χ1) is 3.83. The zero-order valence-corrected chi connectivity index (χ0v) is 5.57. The molecule has 0 aromatic heterocycles. The van der Waals surface area contributed by atoms with Crippen LogP contribution in [-0.4, -0.2) is 12.4 Å². The van der Waals surface area contributed by atoms with E-state index < -0.39 is 0 Å². The van der Waals surface area contributed by atoms with Gasteiger partial charge < -0.3 is 0 Å². The summed E-state index contributed by atoms with van der Waals surface area (Å²) in [4.78, 5) is 0. The van der Waals surface area contributed by atoms with Crippen LogP contribution in [0.1, 0.15) is 20.3 Å². The Balaban J connectivity index is 2.56. The van der Waals surface area contributed by atoms with Crippen molar-refractivity contribution in [1.29, 1.82) is 0 Å². The Morgan fingerprint density at radius 2 is 2.50 bits per heavy atom. The van der Waals surface area contributed by atoms with Crippen molar-refractivity contribution in [1.82, 2.24) is 0 Å². The van der Waals surface area contributed by atoms with Crippen molar-refractivity contribution in [3.8, 4) is 0 Å². The second kappa shape index (κ2) is 2.30. The SMILES string of the molecule is CCC1=CC(C)=BC1. The summed E-state index contributed by atoms with van der Waals surface area (Å²) in [7, 11) is 0. The molecule has 1 aliphatic heterocycles. The molecule has 1 aliphatic rings. The molecule has 0 spiro atoms. The van der Waals surface area contributed by atoms with Crippen LogP contribution in [0.3, 0.4) is 0 Å². The average Bonchev–Trinajstić information content (AvgIpc) is 2.14. The molecule has 1 heteroatoms. The normalized spacial score (nSPS) is 17.2. The molecule has 0 aromatic carbocycles. The van der Waals surface area contributed by atoms with Crippen molar-refractivity contribution in [3.05, 3.63) is 11.6 Å². The maximum atomic E-state index is 2.28. The first-order valence-electron chi connectivity index (χ1n) is 3.19. The van der Waals surface area contributed by atoms with Gasteiger partial charge >= 0.3 is 50.6 Å². The van der Waals surface area contributed by atoms with Crippen molar-refractivity contribution >= 4 is 12.4 Å². The summed E-state index contributed by atoms with van der Waals surface area (Å²) in [5.74, 6) is 0. The molecule has 0 fully saturated rings. The molecule has 0 amide bonds. The predicted octanol–water partition coefficient (Wildman–Crippen LogP) is 1.65. The van der Waals surface area contributed by atoms with E-state index >= 15 is 0 Å². The third kappa shape index (κ3) is 1.09. The van der Waals surface area contributed by atoms with Gasteiger partial charge in [0.2, 0.25) is 0 Å². The van der Waals surface area contributed by atoms with Gasteiger partial charge in [0.15, 0.2) is 0 Å². The van der Waals surface area contributed by atoms with Crippen LogP contribution in [0.4, 0.5) is 0 Å². The fourth-order valence-electron chi connectivity index (χ4n) is 0.978. The van der Waals surface area contributed by atoms with Crippen LogP contribution < -0.4 is 0 Å². The van der Waals surface area contributed by atoms with Gasteiger partial charge in [0, 0.05) is 0 Å². The van der Waals surface area contributed by atoms with Gasteiger partial charge in [-0.25, -0.2) is 0 Å². The molecule has 8 heavy (non-hydrogen) atoms. The molecule has 42 valence electrons. The Bertz CT molecular complexity index is 142. The summed E-state index contributed by atoms with van der Waals surface area (Å²) in [6.45, 7) is 6.64. The van der Waals surface area contributed by atoms with E-state index in [0.717, 1.165) is 0 Å². The van der Waals surface area contributed by atoms with Crippen LogP contribution in [-0.2, 0) is 0 Å². The van der Waals surface area contributed by atoms with Crippen LogP contribution >= 0.6 is 0 Å². The van der Waals surface area contributed by atoms with Gasteiger partial charge in [0.05, 0.1) is 0 Å². The van der Waals surface area contributed by atoms with Gasteiger partial charge in [-0.3, -0.25) is 0 Å². The number of hydrogen-bond donors (Lipinski definition) is 0. The van der Waals surface area contributed by atoms with E-state index in [0.29, 0.717) is 0 Å². The number of rotatable bonds is 1. The summed E-state index contributed by atoms with van der Waals surface area (Å²) in [6.07, 6.45) is 4.69. The van der Waals surface area contributed by atoms with E-state index in [1.807, 2.05) is 0 Å². The Hall–Kier alpha value is -0.325. The van der Waals surface area contributed by atoms with Gasteiger partial charge in [-0.2, -0.15) is 0 Å². The second-order valence-electron chi connectivity index (χ2n) is 2.31. The van der Waals surface area contributed by atoms with Crippen molar-refractivity contribution < 1.29 is 0 Å². The summed E-state index contributed by atoms with van der Waals surface area (Å²) in [5.41, 5.74) is 3.00. The molecule has 0 saturated carbocycles. The van der Waals surface area contributed by atoms with Gasteiger partial charge in [-0.05, 0) is 0 Å². The molecule has 0 N–H and O–H groups in total. The molecule has 1 rings (SSSR count). The zero-order chi connectivity index (χ0) is 5.98. The summed E-state index contributed by atoms with van der Waals surface area (Å²) >= 11 is 0. The van der Waals surface area contributed by atoms with E-state index in [4.69, 9.17) is 0 Å². The fraction of sp³-hybridized carbons (Fsp3) is 0.571. The molecular weight excluding hydrogens is 94.9 g/mol. The molecule has 0 aliphatic carbocycles. The van der Waals surface area contributed by atoms with Crippen molar-refractivity contribution in [2.75, 3.05) is 0 Å². The molecule has 0 atom stereocenters. The number of allylic oxidation sites excluding steroid dienone is 2. The van der Waals surface area contributed by atoms with Crippen molar-refractivity contribution in [2.24, 2.45) is 0 Å². The number of hydrogen-bond acceptors (Lipinski definition) is 0. The third-order valence-electron chi connectivity index (χ3n) is 1.57. The molecule has 0 radical (unpaired) electrons. The summed E-state index contributed by atoms with van der Waals surface area (Å²) < 4.78 is 0. The zero-order valence-electron chi connectivity index (χ0n) is 5.57. The van der Waals surface area contributed by atoms with Crippen molar-refractivity contribution in [3.63, 3.8) is 0 Å². The summed E-state index contributed by atoms with van der Waals surface area (Å²) in [5, 5.41) is 0. The average molecular weight is 106 g/mol.